The average Bonchev–Trinajstić information content (AvgIpc) is 2.86. The number of methoxy groups -OCH3 is 1. The van der Waals surface area contributed by atoms with Crippen LogP contribution in [0.1, 0.15) is 27.9 Å². The van der Waals surface area contributed by atoms with Gasteiger partial charge in [0.2, 0.25) is 5.91 Å². The molecule has 3 aliphatic carbocycles. The van der Waals surface area contributed by atoms with Gasteiger partial charge in [0.05, 0.1) is 31.2 Å². The Morgan fingerprint density at radius 2 is 1.80 bits per heavy atom. The first-order valence-corrected chi connectivity index (χ1v) is 12.9. The maximum absolute atomic E-state index is 14.0. The summed E-state index contributed by atoms with van der Waals surface area (Å²) in [5.74, 6) is -11.5. The number of anilines is 1. The summed E-state index contributed by atoms with van der Waals surface area (Å²) < 4.78 is 4.60. The van der Waals surface area contributed by atoms with Crippen LogP contribution in [-0.2, 0) is 41.7 Å². The zero-order valence-electron chi connectivity index (χ0n) is 23.0. The predicted octanol–water partition coefficient (Wildman–Crippen LogP) is -1.80. The average molecular weight is 559 g/mol. The van der Waals surface area contributed by atoms with Crippen LogP contribution in [0.25, 0.3) is 0 Å². The number of carbonyl (C=O) groups is 6. The number of hydrogen-bond donors (Lipinski definition) is 4. The molecule has 0 aliphatic heterocycles. The number of benzene rings is 1. The van der Waals surface area contributed by atoms with Crippen molar-refractivity contribution in [3.63, 3.8) is 0 Å². The number of aliphatic hydroxyl groups is 1. The molecule has 1 aromatic rings. The van der Waals surface area contributed by atoms with Gasteiger partial charge in [0.1, 0.15) is 5.75 Å². The minimum absolute atomic E-state index is 0.00178. The summed E-state index contributed by atoms with van der Waals surface area (Å²) >= 11 is 0. The summed E-state index contributed by atoms with van der Waals surface area (Å²) in [6.07, 6.45) is 0.128. The molecule has 13 nitrogen and oxygen atoms in total. The van der Waals surface area contributed by atoms with Gasteiger partial charge in [-0.3, -0.25) is 33.7 Å². The van der Waals surface area contributed by atoms with Crippen molar-refractivity contribution < 1.29 is 43.7 Å². The Balaban J connectivity index is 1.82. The zero-order valence-corrected chi connectivity index (χ0v) is 23.0. The molecule has 0 aromatic heterocycles. The highest BCUT2D eigenvalue weighted by molar-refractivity contribution is 6.32. The second kappa shape index (κ2) is 10.4. The number of primary amides is 1. The van der Waals surface area contributed by atoms with Gasteiger partial charge < -0.3 is 30.9 Å². The lowest BCUT2D eigenvalue weighted by Crippen LogP contribution is -2.74. The van der Waals surface area contributed by atoms with E-state index in [1.807, 2.05) is 0 Å². The lowest BCUT2D eigenvalue weighted by molar-refractivity contribution is -0.181. The summed E-state index contributed by atoms with van der Waals surface area (Å²) in [5, 5.41) is 25.7. The Morgan fingerprint density at radius 3 is 2.35 bits per heavy atom. The number of rotatable bonds is 7. The topological polar surface area (TPSA) is 197 Å². The predicted molar refractivity (Wildman–Crippen MR) is 139 cm³/mol. The number of esters is 1. The quantitative estimate of drug-likeness (QED) is 0.217. The molecule has 5 N–H and O–H groups in total. The highest BCUT2D eigenvalue weighted by Gasteiger charge is 2.69. The van der Waals surface area contributed by atoms with Crippen molar-refractivity contribution in [2.45, 2.75) is 31.0 Å². The molecular weight excluding hydrogens is 524 g/mol. The lowest BCUT2D eigenvalue weighted by atomic mass is 9.52. The summed E-state index contributed by atoms with van der Waals surface area (Å²) in [6, 6.07) is 0.521. The standard InChI is InChI=1S/C27H34N4O9/c1-30(2)15-8-12(9-29-10-16(32)40-5)21(33)18-13(15)6-11-7-14-20(31(3)4)23(35)19(26(28)38)25(37)27(14,39)24(36)17(11)22(18)34/h8,11,14,17,19-20,29,33,39H,6-7,9-10H2,1-5H3,(H2,28,38)/t11-,14-,17?,19?,20-,27-/m1/s1. The number of phenols is 1. The van der Waals surface area contributed by atoms with Crippen LogP contribution in [0.2, 0.25) is 0 Å². The smallest absolute Gasteiger partial charge is 0.319 e. The Labute approximate surface area is 230 Å². The third-order valence-corrected chi connectivity index (χ3v) is 8.41. The van der Waals surface area contributed by atoms with Gasteiger partial charge in [0.25, 0.3) is 0 Å². The number of nitrogens with one attached hydrogen (secondary N) is 1. The first kappa shape index (κ1) is 29.3. The molecule has 2 fully saturated rings. The maximum atomic E-state index is 14.0. The number of nitrogens with two attached hydrogens (primary N) is 1. The van der Waals surface area contributed by atoms with E-state index in [0.29, 0.717) is 16.8 Å². The fourth-order valence-electron chi connectivity index (χ4n) is 6.61. The number of ether oxygens (including phenoxy) is 1. The molecule has 40 heavy (non-hydrogen) atoms. The van der Waals surface area contributed by atoms with E-state index in [1.165, 1.54) is 26.1 Å². The van der Waals surface area contributed by atoms with Crippen molar-refractivity contribution in [2.75, 3.05) is 46.7 Å². The molecule has 1 aromatic carbocycles. The van der Waals surface area contributed by atoms with Gasteiger partial charge in [-0.1, -0.05) is 0 Å². The molecule has 0 bridgehead atoms. The van der Waals surface area contributed by atoms with Crippen molar-refractivity contribution in [1.82, 2.24) is 10.2 Å². The summed E-state index contributed by atoms with van der Waals surface area (Å²) in [5.41, 5.74) is 3.85. The number of phenolic OH excluding ortho intramolecular Hbond substituents is 1. The number of aromatic hydroxyl groups is 1. The largest absolute Gasteiger partial charge is 0.507 e. The number of carbonyl (C=O) groups excluding carboxylic acids is 6. The number of hydrogen-bond acceptors (Lipinski definition) is 12. The van der Waals surface area contributed by atoms with Gasteiger partial charge in [0.15, 0.2) is 34.7 Å². The molecule has 0 saturated heterocycles. The van der Waals surface area contributed by atoms with Crippen LogP contribution in [0.5, 0.6) is 5.75 Å². The highest BCUT2D eigenvalue weighted by atomic mass is 16.5. The fourth-order valence-corrected chi connectivity index (χ4v) is 6.61. The number of amides is 1. The molecule has 2 saturated carbocycles. The zero-order chi connectivity index (χ0) is 29.8. The maximum Gasteiger partial charge on any atom is 0.319 e. The van der Waals surface area contributed by atoms with Crippen LogP contribution in [0.15, 0.2) is 6.07 Å². The number of nitrogens with zero attached hydrogens (tertiary/aromatic N) is 2. The molecule has 6 atom stereocenters. The number of Topliss-reactive ketones (excluding diaryl/α,β-unsaturated/α-hetero) is 4. The minimum Gasteiger partial charge on any atom is -0.507 e. The minimum atomic E-state index is -2.78. The van der Waals surface area contributed by atoms with Gasteiger partial charge in [-0.2, -0.15) is 0 Å². The molecule has 216 valence electrons. The van der Waals surface area contributed by atoms with Crippen molar-refractivity contribution >= 4 is 40.7 Å². The number of likely N-dealkylation sites (N-methyl/N-ethyl adjacent to an activating group) is 1. The Kier molecular flexibility index (Phi) is 7.60. The van der Waals surface area contributed by atoms with Crippen molar-refractivity contribution in [1.29, 1.82) is 0 Å². The van der Waals surface area contributed by atoms with Crippen molar-refractivity contribution in [2.24, 2.45) is 29.4 Å². The SMILES string of the molecule is COC(=O)CNCc1cc(N(C)C)c2c(c1O)C(=O)C1C(=O)[C@@]3(O)C(=O)C(C(N)=O)C(=O)[C@H](N(C)C)[C@H]3C[C@H]1C2. The highest BCUT2D eigenvalue weighted by Crippen LogP contribution is 2.52. The summed E-state index contributed by atoms with van der Waals surface area (Å²) in [4.78, 5) is 81.3. The van der Waals surface area contributed by atoms with Crippen LogP contribution in [0.4, 0.5) is 5.69 Å². The normalized spacial score (nSPS) is 29.5. The van der Waals surface area contributed by atoms with Crippen molar-refractivity contribution in [3.05, 3.63) is 22.8 Å². The Morgan fingerprint density at radius 1 is 1.15 bits per heavy atom. The summed E-state index contributed by atoms with van der Waals surface area (Å²) in [7, 11) is 7.81. The van der Waals surface area contributed by atoms with Crippen LogP contribution in [0.3, 0.4) is 0 Å². The molecule has 3 aliphatic rings. The third-order valence-electron chi connectivity index (χ3n) is 8.41. The lowest BCUT2D eigenvalue weighted by Gasteiger charge is -2.52. The number of fused-ring (bicyclic) bond motifs is 3. The van der Waals surface area contributed by atoms with Crippen LogP contribution in [-0.4, -0.2) is 104 Å². The molecule has 2 unspecified atom stereocenters. The van der Waals surface area contributed by atoms with Gasteiger partial charge in [-0.15, -0.1) is 0 Å². The van der Waals surface area contributed by atoms with Gasteiger partial charge in [0, 0.05) is 37.8 Å². The Hall–Kier alpha value is -3.68. The summed E-state index contributed by atoms with van der Waals surface area (Å²) in [6.45, 7) is -0.146. The van der Waals surface area contributed by atoms with Crippen LogP contribution in [0, 0.1) is 23.7 Å². The van der Waals surface area contributed by atoms with Crippen LogP contribution >= 0.6 is 0 Å². The molecule has 4 rings (SSSR count). The van der Waals surface area contributed by atoms with Crippen molar-refractivity contribution in [3.8, 4) is 5.75 Å². The van der Waals surface area contributed by atoms with E-state index in [4.69, 9.17) is 5.73 Å². The van der Waals surface area contributed by atoms with Gasteiger partial charge in [-0.05, 0) is 44.5 Å². The van der Waals surface area contributed by atoms with Gasteiger partial charge >= 0.3 is 5.97 Å². The second-order valence-corrected chi connectivity index (χ2v) is 11.1. The Bertz CT molecular complexity index is 1320. The molecule has 13 heteroatoms. The van der Waals surface area contributed by atoms with E-state index in [-0.39, 0.29) is 37.2 Å². The second-order valence-electron chi connectivity index (χ2n) is 11.1. The first-order valence-electron chi connectivity index (χ1n) is 12.9. The van der Waals surface area contributed by atoms with E-state index >= 15 is 0 Å². The first-order chi connectivity index (χ1) is 18.7. The van der Waals surface area contributed by atoms with Gasteiger partial charge in [-0.25, -0.2) is 0 Å². The number of ketones is 4. The molecule has 0 heterocycles. The van der Waals surface area contributed by atoms with E-state index in [9.17, 15) is 39.0 Å². The molecule has 0 spiro atoms. The third kappa shape index (κ3) is 4.28. The van der Waals surface area contributed by atoms with E-state index in [0.717, 1.165) is 0 Å². The van der Waals surface area contributed by atoms with E-state index in [2.05, 4.69) is 10.1 Å². The molecule has 1 amide bonds. The molecular formula is C27H34N4O9. The van der Waals surface area contributed by atoms with E-state index in [1.54, 1.807) is 25.1 Å². The fraction of sp³-hybridized carbons (Fsp3) is 0.556. The molecule has 0 radical (unpaired) electrons. The monoisotopic (exact) mass is 558 g/mol. The van der Waals surface area contributed by atoms with Crippen LogP contribution < -0.4 is 16.0 Å². The van der Waals surface area contributed by atoms with E-state index < -0.39 is 70.3 Å².